The minimum absolute atomic E-state index is 0.102. The number of halogens is 1. The van der Waals surface area contributed by atoms with E-state index >= 15 is 0 Å². The van der Waals surface area contributed by atoms with Crippen LogP contribution in [0, 0.1) is 34.9 Å². The molecule has 5 nitrogen and oxygen atoms in total. The highest BCUT2D eigenvalue weighted by Crippen LogP contribution is 2.23. The van der Waals surface area contributed by atoms with Crippen molar-refractivity contribution in [2.75, 3.05) is 19.7 Å². The molecule has 148 valence electrons. The van der Waals surface area contributed by atoms with Gasteiger partial charge in [0.25, 0.3) is 5.91 Å². The smallest absolute Gasteiger partial charge is 0.251 e. The van der Waals surface area contributed by atoms with Crippen molar-refractivity contribution >= 4 is 5.91 Å². The van der Waals surface area contributed by atoms with Gasteiger partial charge in [0.2, 0.25) is 0 Å². The number of rotatable bonds is 4. The molecule has 1 saturated heterocycles. The lowest BCUT2D eigenvalue weighted by molar-refractivity contribution is -0.132. The average molecular weight is 383 g/mol. The molecule has 0 bridgehead atoms. The van der Waals surface area contributed by atoms with E-state index in [2.05, 4.69) is 22.5 Å². The van der Waals surface area contributed by atoms with Crippen molar-refractivity contribution in [1.82, 2.24) is 10.6 Å². The maximum absolute atomic E-state index is 14.5. The Morgan fingerprint density at radius 1 is 1.36 bits per heavy atom. The van der Waals surface area contributed by atoms with Gasteiger partial charge in [0.1, 0.15) is 18.0 Å². The number of amides is 1. The van der Waals surface area contributed by atoms with Gasteiger partial charge in [0.05, 0.1) is 6.07 Å². The van der Waals surface area contributed by atoms with Crippen LogP contribution < -0.4 is 10.6 Å². The molecule has 6 heteroatoms. The van der Waals surface area contributed by atoms with E-state index in [4.69, 9.17) is 4.74 Å². The zero-order chi connectivity index (χ0) is 19.8. The number of ether oxygens (including phenoxy) is 1. The molecule has 2 atom stereocenters. The Bertz CT molecular complexity index is 779. The quantitative estimate of drug-likeness (QED) is 0.783. The molecule has 2 unspecified atom stereocenters. The van der Waals surface area contributed by atoms with Crippen LogP contribution in [0.2, 0.25) is 0 Å². The summed E-state index contributed by atoms with van der Waals surface area (Å²) in [6, 6.07) is 6.05. The second kappa shape index (κ2) is 10.2. The fraction of sp³-hybridized carbons (Fsp3) is 0.545. The highest BCUT2D eigenvalue weighted by molar-refractivity contribution is 5.81. The summed E-state index contributed by atoms with van der Waals surface area (Å²) in [5.41, 5.74) is 1.03. The zero-order valence-corrected chi connectivity index (χ0v) is 16.0. The predicted octanol–water partition coefficient (Wildman–Crippen LogP) is 2.30. The third kappa shape index (κ3) is 5.79. The number of nitrogens with one attached hydrogen (secondary N) is 2. The first kappa shape index (κ1) is 20.3. The molecule has 0 spiro atoms. The van der Waals surface area contributed by atoms with Gasteiger partial charge in [-0.2, -0.15) is 5.26 Å². The molecule has 0 radical (unpaired) electrons. The third-order valence-corrected chi connectivity index (χ3v) is 5.16. The van der Waals surface area contributed by atoms with E-state index in [9.17, 15) is 14.4 Å². The van der Waals surface area contributed by atoms with Crippen LogP contribution in [0.15, 0.2) is 18.2 Å². The number of benzene rings is 1. The Kier molecular flexibility index (Phi) is 7.42. The van der Waals surface area contributed by atoms with E-state index in [1.807, 2.05) is 6.07 Å². The maximum atomic E-state index is 14.5. The lowest BCUT2D eigenvalue weighted by Gasteiger charge is -2.18. The van der Waals surface area contributed by atoms with E-state index in [1.165, 1.54) is 18.9 Å². The topological polar surface area (TPSA) is 74.2 Å². The molecule has 1 heterocycles. The fourth-order valence-electron chi connectivity index (χ4n) is 3.54. The average Bonchev–Trinajstić information content (AvgIpc) is 3.07. The molecular formula is C22H26FN3O2. The van der Waals surface area contributed by atoms with Crippen molar-refractivity contribution in [2.24, 2.45) is 5.92 Å². The SMILES string of the molecule is N#CC(Cc1ccc(C#CC2CCCC2)cc1F)NC(=O)C1CNCCCO1. The van der Waals surface area contributed by atoms with Crippen LogP contribution in [0.25, 0.3) is 0 Å². The highest BCUT2D eigenvalue weighted by Gasteiger charge is 2.24. The molecule has 2 fully saturated rings. The van der Waals surface area contributed by atoms with Crippen LogP contribution in [0.1, 0.15) is 43.2 Å². The van der Waals surface area contributed by atoms with Crippen molar-refractivity contribution in [1.29, 1.82) is 5.26 Å². The standard InChI is InChI=1S/C22H26FN3O2/c23-20-12-17(7-6-16-4-1-2-5-16)8-9-18(20)13-19(14-24)26-22(27)21-15-25-10-3-11-28-21/h8-9,12,16,19,21,25H,1-5,10-11,13,15H2,(H,26,27). The number of nitriles is 1. The van der Waals surface area contributed by atoms with Crippen molar-refractivity contribution < 1.29 is 13.9 Å². The first-order valence-corrected chi connectivity index (χ1v) is 9.98. The normalized spacial score (nSPS) is 21.1. The van der Waals surface area contributed by atoms with Gasteiger partial charge in [-0.05, 0) is 43.5 Å². The van der Waals surface area contributed by atoms with Gasteiger partial charge >= 0.3 is 0 Å². The summed E-state index contributed by atoms with van der Waals surface area (Å²) in [5, 5.41) is 15.2. The summed E-state index contributed by atoms with van der Waals surface area (Å²) in [5.74, 6) is 5.94. The minimum Gasteiger partial charge on any atom is -0.367 e. The highest BCUT2D eigenvalue weighted by atomic mass is 19.1. The van der Waals surface area contributed by atoms with Crippen molar-refractivity contribution in [2.45, 2.75) is 50.7 Å². The predicted molar refractivity (Wildman–Crippen MR) is 104 cm³/mol. The Morgan fingerprint density at radius 3 is 2.93 bits per heavy atom. The zero-order valence-electron chi connectivity index (χ0n) is 16.0. The second-order valence-corrected chi connectivity index (χ2v) is 7.37. The van der Waals surface area contributed by atoms with Gasteiger partial charge in [-0.1, -0.05) is 30.7 Å². The first-order chi connectivity index (χ1) is 13.7. The monoisotopic (exact) mass is 383 g/mol. The van der Waals surface area contributed by atoms with Gasteiger partial charge < -0.3 is 15.4 Å². The van der Waals surface area contributed by atoms with Crippen molar-refractivity contribution in [3.8, 4) is 17.9 Å². The maximum Gasteiger partial charge on any atom is 0.251 e. The molecule has 1 aromatic rings. The van der Waals surface area contributed by atoms with Gasteiger partial charge in [-0.25, -0.2) is 4.39 Å². The lowest BCUT2D eigenvalue weighted by Crippen LogP contribution is -2.46. The molecule has 2 aliphatic rings. The number of carbonyl (C=O) groups excluding carboxylic acids is 1. The molecule has 0 aromatic heterocycles. The van der Waals surface area contributed by atoms with Gasteiger partial charge in [-0.15, -0.1) is 0 Å². The Morgan fingerprint density at radius 2 is 2.18 bits per heavy atom. The van der Waals surface area contributed by atoms with Crippen molar-refractivity contribution in [3.63, 3.8) is 0 Å². The van der Waals surface area contributed by atoms with E-state index < -0.39 is 18.0 Å². The van der Waals surface area contributed by atoms with Crippen molar-refractivity contribution in [3.05, 3.63) is 35.1 Å². The molecule has 1 aliphatic heterocycles. The summed E-state index contributed by atoms with van der Waals surface area (Å²) in [6.45, 7) is 1.71. The van der Waals surface area contributed by atoms with Crippen LogP contribution in [0.3, 0.4) is 0 Å². The number of carbonyl (C=O) groups is 1. The van der Waals surface area contributed by atoms with E-state index in [-0.39, 0.29) is 12.3 Å². The molecule has 28 heavy (non-hydrogen) atoms. The van der Waals surface area contributed by atoms with Crippen LogP contribution in [0.4, 0.5) is 4.39 Å². The summed E-state index contributed by atoms with van der Waals surface area (Å²) in [7, 11) is 0. The van der Waals surface area contributed by atoms with Gasteiger partial charge in [0.15, 0.2) is 0 Å². The van der Waals surface area contributed by atoms with Gasteiger partial charge in [-0.3, -0.25) is 4.79 Å². The van der Waals surface area contributed by atoms with Crippen LogP contribution in [-0.4, -0.2) is 37.7 Å². The summed E-state index contributed by atoms with van der Waals surface area (Å²) < 4.78 is 20.0. The van der Waals surface area contributed by atoms with E-state index in [0.29, 0.717) is 30.2 Å². The molecule has 1 aliphatic carbocycles. The Hall–Kier alpha value is -2.41. The molecule has 2 N–H and O–H groups in total. The summed E-state index contributed by atoms with van der Waals surface area (Å²) in [4.78, 5) is 12.3. The van der Waals surface area contributed by atoms with Crippen LogP contribution >= 0.6 is 0 Å². The summed E-state index contributed by atoms with van der Waals surface area (Å²) >= 11 is 0. The molecule has 1 amide bonds. The lowest BCUT2D eigenvalue weighted by atomic mass is 10.0. The molecular weight excluding hydrogens is 357 g/mol. The molecule has 3 rings (SSSR count). The summed E-state index contributed by atoms with van der Waals surface area (Å²) in [6.07, 6.45) is 4.99. The number of hydrogen-bond donors (Lipinski definition) is 2. The first-order valence-electron chi connectivity index (χ1n) is 9.98. The largest absolute Gasteiger partial charge is 0.367 e. The number of nitrogens with zero attached hydrogens (tertiary/aromatic N) is 1. The third-order valence-electron chi connectivity index (χ3n) is 5.16. The number of hydrogen-bond acceptors (Lipinski definition) is 4. The van der Waals surface area contributed by atoms with Crippen LogP contribution in [0.5, 0.6) is 0 Å². The Balaban J connectivity index is 1.59. The minimum atomic E-state index is -0.815. The fourth-order valence-corrected chi connectivity index (χ4v) is 3.54. The van der Waals surface area contributed by atoms with Gasteiger partial charge in [0, 0.05) is 31.1 Å². The van der Waals surface area contributed by atoms with E-state index in [1.54, 1.807) is 12.1 Å². The molecule has 1 saturated carbocycles. The van der Waals surface area contributed by atoms with E-state index in [0.717, 1.165) is 25.8 Å². The molecule has 1 aromatic carbocycles. The Labute approximate surface area is 165 Å². The second-order valence-electron chi connectivity index (χ2n) is 7.37. The van der Waals surface area contributed by atoms with Crippen LogP contribution in [-0.2, 0) is 16.0 Å².